The third-order valence-corrected chi connectivity index (χ3v) is 2.33. The van der Waals surface area contributed by atoms with Gasteiger partial charge in [0.25, 0.3) is 0 Å². The molecular formula is C16H24O5. The van der Waals surface area contributed by atoms with Gasteiger partial charge in [0.1, 0.15) is 0 Å². The topological polar surface area (TPSA) is 61.8 Å². The Bertz CT molecular complexity index is 389. The molecule has 0 radical (unpaired) electrons. The highest BCUT2D eigenvalue weighted by Gasteiger charge is 2.17. The molecule has 1 aromatic rings. The first-order valence-corrected chi connectivity index (χ1v) is 7.13. The molecule has 5 heteroatoms. The molecule has 0 aliphatic heterocycles. The SMILES string of the molecule is CCOC(=O)c1ccccc1C(=O)OCC.CCOCC. The molecular weight excluding hydrogens is 272 g/mol. The van der Waals surface area contributed by atoms with Crippen LogP contribution in [0, 0.1) is 0 Å². The summed E-state index contributed by atoms with van der Waals surface area (Å²) in [5.74, 6) is -1.02. The number of ether oxygens (including phenoxy) is 3. The summed E-state index contributed by atoms with van der Waals surface area (Å²) >= 11 is 0. The van der Waals surface area contributed by atoms with Gasteiger partial charge in [0.05, 0.1) is 24.3 Å². The van der Waals surface area contributed by atoms with Gasteiger partial charge in [-0.1, -0.05) is 12.1 Å². The molecule has 5 nitrogen and oxygen atoms in total. The average molecular weight is 296 g/mol. The molecule has 0 saturated carbocycles. The van der Waals surface area contributed by atoms with Gasteiger partial charge in [0.2, 0.25) is 0 Å². The zero-order valence-electron chi connectivity index (χ0n) is 13.2. The Morgan fingerprint density at radius 1 is 0.762 bits per heavy atom. The second-order valence-electron chi connectivity index (χ2n) is 3.77. The van der Waals surface area contributed by atoms with E-state index in [9.17, 15) is 9.59 Å². The lowest BCUT2D eigenvalue weighted by Gasteiger charge is -2.07. The summed E-state index contributed by atoms with van der Waals surface area (Å²) in [6, 6.07) is 6.44. The van der Waals surface area contributed by atoms with Crippen molar-refractivity contribution in [2.45, 2.75) is 27.7 Å². The fraction of sp³-hybridized carbons (Fsp3) is 0.500. The zero-order chi connectivity index (χ0) is 16.1. The number of carbonyl (C=O) groups is 2. The molecule has 0 heterocycles. The molecule has 0 N–H and O–H groups in total. The Morgan fingerprint density at radius 3 is 1.38 bits per heavy atom. The van der Waals surface area contributed by atoms with Crippen molar-refractivity contribution >= 4 is 11.9 Å². The maximum absolute atomic E-state index is 11.5. The molecule has 0 aliphatic carbocycles. The van der Waals surface area contributed by atoms with E-state index in [-0.39, 0.29) is 24.3 Å². The molecule has 0 aromatic heterocycles. The molecule has 0 aliphatic rings. The fourth-order valence-corrected chi connectivity index (χ4v) is 1.46. The van der Waals surface area contributed by atoms with Crippen molar-refractivity contribution in [2.24, 2.45) is 0 Å². The van der Waals surface area contributed by atoms with E-state index in [0.29, 0.717) is 0 Å². The lowest BCUT2D eigenvalue weighted by atomic mass is 10.1. The Labute approximate surface area is 126 Å². The highest BCUT2D eigenvalue weighted by Crippen LogP contribution is 2.11. The van der Waals surface area contributed by atoms with E-state index in [1.807, 2.05) is 13.8 Å². The zero-order valence-corrected chi connectivity index (χ0v) is 13.2. The van der Waals surface area contributed by atoms with Crippen LogP contribution in [0.5, 0.6) is 0 Å². The standard InChI is InChI=1S/C12H14O4.C4H10O/c1-3-15-11(13)9-7-5-6-8-10(9)12(14)16-4-2;1-3-5-4-2/h5-8H,3-4H2,1-2H3;3-4H2,1-2H3. The van der Waals surface area contributed by atoms with E-state index in [2.05, 4.69) is 0 Å². The summed E-state index contributed by atoms with van der Waals surface area (Å²) in [6.07, 6.45) is 0. The summed E-state index contributed by atoms with van der Waals surface area (Å²) < 4.78 is 14.5. The number of hydrogen-bond acceptors (Lipinski definition) is 5. The van der Waals surface area contributed by atoms with Crippen molar-refractivity contribution in [1.82, 2.24) is 0 Å². The molecule has 0 spiro atoms. The summed E-state index contributed by atoms with van der Waals surface area (Å²) in [4.78, 5) is 23.1. The molecule has 0 fully saturated rings. The van der Waals surface area contributed by atoms with Crippen LogP contribution < -0.4 is 0 Å². The van der Waals surface area contributed by atoms with Gasteiger partial charge in [-0.2, -0.15) is 0 Å². The fourth-order valence-electron chi connectivity index (χ4n) is 1.46. The van der Waals surface area contributed by atoms with Crippen LogP contribution in [0.2, 0.25) is 0 Å². The van der Waals surface area contributed by atoms with Crippen LogP contribution >= 0.6 is 0 Å². The molecule has 0 saturated heterocycles. The van der Waals surface area contributed by atoms with E-state index < -0.39 is 11.9 Å². The Kier molecular flexibility index (Phi) is 10.8. The minimum atomic E-state index is -0.508. The third kappa shape index (κ3) is 7.46. The Balaban J connectivity index is 0.000000690. The lowest BCUT2D eigenvalue weighted by Crippen LogP contribution is -2.13. The van der Waals surface area contributed by atoms with Crippen molar-refractivity contribution in [3.8, 4) is 0 Å². The normalized spacial score (nSPS) is 9.33. The van der Waals surface area contributed by atoms with Gasteiger partial charge in [-0.25, -0.2) is 9.59 Å². The minimum absolute atomic E-state index is 0.239. The molecule has 0 amide bonds. The highest BCUT2D eigenvalue weighted by molar-refractivity contribution is 6.03. The first-order chi connectivity index (χ1) is 10.1. The second-order valence-corrected chi connectivity index (χ2v) is 3.77. The minimum Gasteiger partial charge on any atom is -0.462 e. The smallest absolute Gasteiger partial charge is 0.338 e. The lowest BCUT2D eigenvalue weighted by molar-refractivity contribution is 0.0479. The molecule has 1 rings (SSSR count). The summed E-state index contributed by atoms with van der Waals surface area (Å²) in [5.41, 5.74) is 0.477. The maximum atomic E-state index is 11.5. The number of rotatable bonds is 6. The second kappa shape index (κ2) is 11.9. The highest BCUT2D eigenvalue weighted by atomic mass is 16.5. The first kappa shape index (κ1) is 19.1. The van der Waals surface area contributed by atoms with Crippen LogP contribution in [-0.2, 0) is 14.2 Å². The number of hydrogen-bond donors (Lipinski definition) is 0. The molecule has 0 atom stereocenters. The molecule has 0 unspecified atom stereocenters. The summed E-state index contributed by atoms with van der Waals surface area (Å²) in [7, 11) is 0. The number of carbonyl (C=O) groups excluding carboxylic acids is 2. The third-order valence-electron chi connectivity index (χ3n) is 2.33. The van der Waals surface area contributed by atoms with Crippen LogP contribution in [0.1, 0.15) is 48.4 Å². The van der Waals surface area contributed by atoms with Gasteiger partial charge >= 0.3 is 11.9 Å². The van der Waals surface area contributed by atoms with E-state index in [4.69, 9.17) is 14.2 Å². The van der Waals surface area contributed by atoms with Crippen molar-refractivity contribution in [2.75, 3.05) is 26.4 Å². The molecule has 21 heavy (non-hydrogen) atoms. The predicted octanol–water partition coefficient (Wildman–Crippen LogP) is 3.08. The van der Waals surface area contributed by atoms with Crippen molar-refractivity contribution in [3.05, 3.63) is 35.4 Å². The molecule has 118 valence electrons. The maximum Gasteiger partial charge on any atom is 0.338 e. The largest absolute Gasteiger partial charge is 0.462 e. The van der Waals surface area contributed by atoms with Crippen LogP contribution in [0.15, 0.2) is 24.3 Å². The van der Waals surface area contributed by atoms with Gasteiger partial charge < -0.3 is 14.2 Å². The van der Waals surface area contributed by atoms with E-state index in [1.54, 1.807) is 38.1 Å². The van der Waals surface area contributed by atoms with Gasteiger partial charge in [0.15, 0.2) is 0 Å². The van der Waals surface area contributed by atoms with Gasteiger partial charge in [-0.15, -0.1) is 0 Å². The Morgan fingerprint density at radius 2 is 1.14 bits per heavy atom. The van der Waals surface area contributed by atoms with Gasteiger partial charge in [-0.3, -0.25) is 0 Å². The average Bonchev–Trinajstić information content (AvgIpc) is 2.49. The van der Waals surface area contributed by atoms with Crippen LogP contribution in [0.3, 0.4) is 0 Å². The summed E-state index contributed by atoms with van der Waals surface area (Å²) in [6.45, 7) is 9.64. The van der Waals surface area contributed by atoms with Gasteiger partial charge in [0, 0.05) is 13.2 Å². The summed E-state index contributed by atoms with van der Waals surface area (Å²) in [5, 5.41) is 0. The monoisotopic (exact) mass is 296 g/mol. The van der Waals surface area contributed by atoms with Crippen molar-refractivity contribution in [3.63, 3.8) is 0 Å². The first-order valence-electron chi connectivity index (χ1n) is 7.13. The predicted molar refractivity (Wildman–Crippen MR) is 80.5 cm³/mol. The Hall–Kier alpha value is -1.88. The van der Waals surface area contributed by atoms with Gasteiger partial charge in [-0.05, 0) is 39.8 Å². The number of esters is 2. The van der Waals surface area contributed by atoms with E-state index >= 15 is 0 Å². The number of benzene rings is 1. The molecule has 0 bridgehead atoms. The van der Waals surface area contributed by atoms with Crippen LogP contribution in [-0.4, -0.2) is 38.4 Å². The quantitative estimate of drug-likeness (QED) is 0.755. The van der Waals surface area contributed by atoms with Crippen molar-refractivity contribution < 1.29 is 23.8 Å². The van der Waals surface area contributed by atoms with E-state index in [1.165, 1.54) is 0 Å². The van der Waals surface area contributed by atoms with Crippen molar-refractivity contribution in [1.29, 1.82) is 0 Å². The molecule has 1 aromatic carbocycles. The van der Waals surface area contributed by atoms with Crippen LogP contribution in [0.25, 0.3) is 0 Å². The van der Waals surface area contributed by atoms with Crippen LogP contribution in [0.4, 0.5) is 0 Å². The van der Waals surface area contributed by atoms with E-state index in [0.717, 1.165) is 13.2 Å².